The molecule has 0 aliphatic carbocycles. The Kier molecular flexibility index (Phi) is 4.15. The first-order chi connectivity index (χ1) is 9.24. The third-order valence-corrected chi connectivity index (χ3v) is 5.97. The molecule has 2 aliphatic heterocycles. The lowest BCUT2D eigenvalue weighted by atomic mass is 9.95. The second kappa shape index (κ2) is 5.86. The maximum atomic E-state index is 3.71. The number of rotatable bonds is 2. The van der Waals surface area contributed by atoms with E-state index in [0.717, 1.165) is 11.8 Å². The summed E-state index contributed by atoms with van der Waals surface area (Å²) < 4.78 is 0. The van der Waals surface area contributed by atoms with Crippen LogP contribution >= 0.6 is 11.8 Å². The zero-order chi connectivity index (χ0) is 13.2. The van der Waals surface area contributed by atoms with E-state index < -0.39 is 0 Å². The Balaban J connectivity index is 1.63. The summed E-state index contributed by atoms with van der Waals surface area (Å²) in [5.41, 5.74) is 3.02. The third kappa shape index (κ3) is 2.99. The molecule has 3 rings (SSSR count). The van der Waals surface area contributed by atoms with Gasteiger partial charge >= 0.3 is 0 Å². The minimum absolute atomic E-state index is 0.618. The molecule has 0 aromatic heterocycles. The summed E-state index contributed by atoms with van der Waals surface area (Å²) >= 11 is 2.12. The van der Waals surface area contributed by atoms with E-state index in [1.54, 1.807) is 5.56 Å². The van der Waals surface area contributed by atoms with Gasteiger partial charge in [-0.15, -0.1) is 0 Å². The van der Waals surface area contributed by atoms with Gasteiger partial charge in [0.05, 0.1) is 0 Å². The first-order valence-electron chi connectivity index (χ1n) is 7.40. The largest absolute Gasteiger partial charge is 0.308 e. The predicted octanol–water partition coefficient (Wildman–Crippen LogP) is 2.53. The molecular formula is C16H24N2S. The fourth-order valence-corrected chi connectivity index (χ4v) is 4.35. The SMILES string of the molecule is CC1SCCN(CC2Cc3ccccc3CN2)C1C. The van der Waals surface area contributed by atoms with E-state index in [1.165, 1.54) is 30.8 Å². The van der Waals surface area contributed by atoms with E-state index >= 15 is 0 Å². The van der Waals surface area contributed by atoms with E-state index in [2.05, 4.69) is 60.1 Å². The third-order valence-electron chi connectivity index (χ3n) is 4.64. The summed E-state index contributed by atoms with van der Waals surface area (Å²) in [5.74, 6) is 1.29. The average Bonchev–Trinajstić information content (AvgIpc) is 2.44. The Morgan fingerprint density at radius 2 is 2.05 bits per heavy atom. The number of thioether (sulfide) groups is 1. The number of benzene rings is 1. The first kappa shape index (κ1) is 13.5. The van der Waals surface area contributed by atoms with Crippen LogP contribution in [-0.4, -0.2) is 41.1 Å². The highest BCUT2D eigenvalue weighted by Gasteiger charge is 2.28. The quantitative estimate of drug-likeness (QED) is 0.893. The van der Waals surface area contributed by atoms with Gasteiger partial charge in [0, 0.05) is 42.7 Å². The number of hydrogen-bond donors (Lipinski definition) is 1. The van der Waals surface area contributed by atoms with Crippen LogP contribution in [0.25, 0.3) is 0 Å². The monoisotopic (exact) mass is 276 g/mol. The number of fused-ring (bicyclic) bond motifs is 1. The van der Waals surface area contributed by atoms with Gasteiger partial charge in [-0.1, -0.05) is 31.2 Å². The molecule has 1 aromatic rings. The van der Waals surface area contributed by atoms with Crippen LogP contribution in [0.1, 0.15) is 25.0 Å². The van der Waals surface area contributed by atoms with Crippen molar-refractivity contribution in [1.29, 1.82) is 0 Å². The highest BCUT2D eigenvalue weighted by atomic mass is 32.2. The minimum atomic E-state index is 0.618. The molecule has 19 heavy (non-hydrogen) atoms. The lowest BCUT2D eigenvalue weighted by Crippen LogP contribution is -2.52. The van der Waals surface area contributed by atoms with Gasteiger partial charge in [0.2, 0.25) is 0 Å². The van der Waals surface area contributed by atoms with Gasteiger partial charge in [-0.3, -0.25) is 4.90 Å². The zero-order valence-electron chi connectivity index (χ0n) is 11.9. The number of hydrogen-bond acceptors (Lipinski definition) is 3. The number of nitrogens with zero attached hydrogens (tertiary/aromatic N) is 1. The van der Waals surface area contributed by atoms with Crippen LogP contribution in [0.5, 0.6) is 0 Å². The van der Waals surface area contributed by atoms with E-state index in [4.69, 9.17) is 0 Å². The second-order valence-electron chi connectivity index (χ2n) is 5.86. The van der Waals surface area contributed by atoms with E-state index in [-0.39, 0.29) is 0 Å². The molecule has 0 amide bonds. The molecule has 104 valence electrons. The van der Waals surface area contributed by atoms with Crippen molar-refractivity contribution in [3.8, 4) is 0 Å². The molecule has 3 atom stereocenters. The Labute approximate surface area is 121 Å². The Morgan fingerprint density at radius 1 is 1.26 bits per heavy atom. The lowest BCUT2D eigenvalue weighted by molar-refractivity contribution is 0.186. The van der Waals surface area contributed by atoms with Gasteiger partial charge in [-0.2, -0.15) is 11.8 Å². The van der Waals surface area contributed by atoms with Crippen molar-refractivity contribution < 1.29 is 0 Å². The van der Waals surface area contributed by atoms with Crippen LogP contribution in [-0.2, 0) is 13.0 Å². The van der Waals surface area contributed by atoms with Gasteiger partial charge in [0.1, 0.15) is 0 Å². The Bertz CT molecular complexity index is 435. The molecule has 2 heterocycles. The molecule has 2 nitrogen and oxygen atoms in total. The van der Waals surface area contributed by atoms with Crippen molar-refractivity contribution in [2.45, 2.75) is 44.1 Å². The standard InChI is InChI=1S/C16H24N2S/c1-12-13(2)19-8-7-18(12)11-16-9-14-5-3-4-6-15(14)10-17-16/h3-6,12-13,16-17H,7-11H2,1-2H3. The van der Waals surface area contributed by atoms with E-state index in [1.807, 2.05) is 0 Å². The molecule has 0 radical (unpaired) electrons. The molecule has 1 saturated heterocycles. The Morgan fingerprint density at radius 3 is 2.89 bits per heavy atom. The second-order valence-corrected chi connectivity index (χ2v) is 7.35. The molecular weight excluding hydrogens is 252 g/mol. The summed E-state index contributed by atoms with van der Waals surface area (Å²) in [4.78, 5) is 2.67. The van der Waals surface area contributed by atoms with Crippen LogP contribution < -0.4 is 5.32 Å². The smallest absolute Gasteiger partial charge is 0.0238 e. The summed E-state index contributed by atoms with van der Waals surface area (Å²) in [6, 6.07) is 10.2. The summed E-state index contributed by atoms with van der Waals surface area (Å²) in [6.45, 7) is 8.22. The minimum Gasteiger partial charge on any atom is -0.308 e. The maximum Gasteiger partial charge on any atom is 0.0238 e. The van der Waals surface area contributed by atoms with Crippen LogP contribution in [0.3, 0.4) is 0 Å². The fourth-order valence-electron chi connectivity index (χ4n) is 3.19. The van der Waals surface area contributed by atoms with Crippen LogP contribution in [0.4, 0.5) is 0 Å². The highest BCUT2D eigenvalue weighted by Crippen LogP contribution is 2.25. The van der Waals surface area contributed by atoms with Gasteiger partial charge in [0.15, 0.2) is 0 Å². The van der Waals surface area contributed by atoms with Gasteiger partial charge in [-0.05, 0) is 24.5 Å². The van der Waals surface area contributed by atoms with Crippen molar-refractivity contribution in [3.63, 3.8) is 0 Å². The van der Waals surface area contributed by atoms with Crippen LogP contribution in [0, 0.1) is 0 Å². The first-order valence-corrected chi connectivity index (χ1v) is 8.45. The molecule has 0 saturated carbocycles. The zero-order valence-corrected chi connectivity index (χ0v) is 12.7. The van der Waals surface area contributed by atoms with Crippen molar-refractivity contribution in [3.05, 3.63) is 35.4 Å². The summed E-state index contributed by atoms with van der Waals surface area (Å²) in [6.07, 6.45) is 1.18. The van der Waals surface area contributed by atoms with Gasteiger partial charge in [-0.25, -0.2) is 0 Å². The molecule has 0 bridgehead atoms. The summed E-state index contributed by atoms with van der Waals surface area (Å²) in [5, 5.41) is 4.48. The molecule has 2 aliphatic rings. The molecule has 1 aromatic carbocycles. The van der Waals surface area contributed by atoms with E-state index in [9.17, 15) is 0 Å². The normalized spacial score (nSPS) is 32.0. The number of nitrogens with one attached hydrogen (secondary N) is 1. The topological polar surface area (TPSA) is 15.3 Å². The lowest BCUT2D eigenvalue weighted by Gasteiger charge is -2.40. The average molecular weight is 276 g/mol. The predicted molar refractivity (Wildman–Crippen MR) is 83.7 cm³/mol. The van der Waals surface area contributed by atoms with Crippen molar-refractivity contribution >= 4 is 11.8 Å². The highest BCUT2D eigenvalue weighted by molar-refractivity contribution is 8.00. The summed E-state index contributed by atoms with van der Waals surface area (Å²) in [7, 11) is 0. The van der Waals surface area contributed by atoms with Gasteiger partial charge < -0.3 is 5.32 Å². The molecule has 1 fully saturated rings. The van der Waals surface area contributed by atoms with Crippen molar-refractivity contribution in [2.24, 2.45) is 0 Å². The Hall–Kier alpha value is -0.510. The van der Waals surface area contributed by atoms with Crippen molar-refractivity contribution in [1.82, 2.24) is 10.2 Å². The van der Waals surface area contributed by atoms with E-state index in [0.29, 0.717) is 12.1 Å². The molecule has 1 N–H and O–H groups in total. The molecule has 0 spiro atoms. The fraction of sp³-hybridized carbons (Fsp3) is 0.625. The molecule has 3 unspecified atom stereocenters. The van der Waals surface area contributed by atoms with Crippen LogP contribution in [0.15, 0.2) is 24.3 Å². The molecule has 3 heteroatoms. The van der Waals surface area contributed by atoms with Crippen molar-refractivity contribution in [2.75, 3.05) is 18.8 Å². The maximum absolute atomic E-state index is 3.71. The van der Waals surface area contributed by atoms with Crippen LogP contribution in [0.2, 0.25) is 0 Å². The van der Waals surface area contributed by atoms with Gasteiger partial charge in [0.25, 0.3) is 0 Å².